The highest BCUT2D eigenvalue weighted by atomic mass is 16.5. The van der Waals surface area contributed by atoms with Crippen molar-refractivity contribution in [2.24, 2.45) is 7.05 Å². The van der Waals surface area contributed by atoms with Crippen LogP contribution in [0, 0.1) is 0 Å². The Kier molecular flexibility index (Phi) is 5.95. The molecule has 1 heterocycles. The summed E-state index contributed by atoms with van der Waals surface area (Å²) in [5.74, 6) is 0.579. The molecule has 1 aromatic heterocycles. The van der Waals surface area contributed by atoms with Crippen LogP contribution in [0.15, 0.2) is 48.5 Å². The number of amides is 2. The summed E-state index contributed by atoms with van der Waals surface area (Å²) in [6.07, 6.45) is 0.136. The first-order valence-corrected chi connectivity index (χ1v) is 8.62. The molecule has 9 heteroatoms. The van der Waals surface area contributed by atoms with E-state index < -0.39 is 0 Å². The first kappa shape index (κ1) is 19.0. The van der Waals surface area contributed by atoms with Crippen LogP contribution in [0.5, 0.6) is 5.75 Å². The number of tetrazole rings is 1. The zero-order chi connectivity index (χ0) is 19.9. The van der Waals surface area contributed by atoms with Gasteiger partial charge in [-0.15, -0.1) is 5.10 Å². The van der Waals surface area contributed by atoms with Crippen molar-refractivity contribution >= 4 is 17.5 Å². The number of nitrogens with one attached hydrogen (secondary N) is 2. The fourth-order valence-electron chi connectivity index (χ4n) is 2.65. The Hall–Kier alpha value is -3.75. The van der Waals surface area contributed by atoms with E-state index >= 15 is 0 Å². The third-order valence-corrected chi connectivity index (χ3v) is 4.01. The molecule has 0 fully saturated rings. The standard InChI is InChI=1S/C19H20N6O3/c1-25-18(22-23-24-25)13-6-5-7-14(12-13)21-17(26)10-11-20-19(27)15-8-3-4-9-16(15)28-2/h3-9,12H,10-11H2,1-2H3,(H,20,27)(H,21,26). The number of nitrogens with zero attached hydrogens (tertiary/aromatic N) is 4. The molecule has 0 spiro atoms. The van der Waals surface area contributed by atoms with Gasteiger partial charge in [-0.1, -0.05) is 24.3 Å². The fraction of sp³-hybridized carbons (Fsp3) is 0.211. The van der Waals surface area contributed by atoms with Crippen LogP contribution in [-0.4, -0.2) is 45.7 Å². The summed E-state index contributed by atoms with van der Waals surface area (Å²) in [6.45, 7) is 0.204. The molecule has 9 nitrogen and oxygen atoms in total. The van der Waals surface area contributed by atoms with E-state index in [4.69, 9.17) is 4.74 Å². The molecule has 2 amide bonds. The second-order valence-electron chi connectivity index (χ2n) is 5.96. The number of anilines is 1. The number of hydrogen-bond donors (Lipinski definition) is 2. The molecule has 0 aliphatic heterocycles. The summed E-state index contributed by atoms with van der Waals surface area (Å²) in [5.41, 5.74) is 1.84. The van der Waals surface area contributed by atoms with Gasteiger partial charge in [0.05, 0.1) is 12.7 Å². The number of benzene rings is 2. The lowest BCUT2D eigenvalue weighted by atomic mass is 10.2. The van der Waals surface area contributed by atoms with Gasteiger partial charge in [0.1, 0.15) is 5.75 Å². The van der Waals surface area contributed by atoms with Gasteiger partial charge in [0.25, 0.3) is 5.91 Å². The highest BCUT2D eigenvalue weighted by Gasteiger charge is 2.12. The van der Waals surface area contributed by atoms with Crippen LogP contribution in [0.3, 0.4) is 0 Å². The average Bonchev–Trinajstić information content (AvgIpc) is 3.14. The zero-order valence-electron chi connectivity index (χ0n) is 15.5. The van der Waals surface area contributed by atoms with Crippen molar-refractivity contribution in [3.8, 4) is 17.1 Å². The maximum atomic E-state index is 12.2. The highest BCUT2D eigenvalue weighted by molar-refractivity contribution is 5.97. The van der Waals surface area contributed by atoms with Crippen LogP contribution in [0.25, 0.3) is 11.4 Å². The summed E-state index contributed by atoms with van der Waals surface area (Å²) in [6, 6.07) is 14.1. The SMILES string of the molecule is COc1ccccc1C(=O)NCCC(=O)Nc1cccc(-c2nnnn2C)c1. The molecule has 0 unspecified atom stereocenters. The first-order valence-electron chi connectivity index (χ1n) is 8.62. The van der Waals surface area contributed by atoms with Gasteiger partial charge in [0.15, 0.2) is 5.82 Å². The van der Waals surface area contributed by atoms with E-state index in [1.807, 2.05) is 12.1 Å². The summed E-state index contributed by atoms with van der Waals surface area (Å²) >= 11 is 0. The van der Waals surface area contributed by atoms with Crippen molar-refractivity contribution < 1.29 is 14.3 Å². The smallest absolute Gasteiger partial charge is 0.255 e. The lowest BCUT2D eigenvalue weighted by Crippen LogP contribution is -2.28. The third kappa shape index (κ3) is 4.50. The number of rotatable bonds is 7. The van der Waals surface area contributed by atoms with Crippen LogP contribution in [0.1, 0.15) is 16.8 Å². The van der Waals surface area contributed by atoms with Crippen molar-refractivity contribution in [1.82, 2.24) is 25.5 Å². The van der Waals surface area contributed by atoms with Crippen LogP contribution >= 0.6 is 0 Å². The lowest BCUT2D eigenvalue weighted by Gasteiger charge is -2.10. The molecule has 0 aliphatic rings. The Morgan fingerprint density at radius 3 is 2.71 bits per heavy atom. The van der Waals surface area contributed by atoms with E-state index in [0.29, 0.717) is 22.8 Å². The van der Waals surface area contributed by atoms with E-state index in [-0.39, 0.29) is 24.8 Å². The monoisotopic (exact) mass is 380 g/mol. The molecule has 3 rings (SSSR count). The summed E-state index contributed by atoms with van der Waals surface area (Å²) < 4.78 is 6.72. The molecular formula is C19H20N6O3. The van der Waals surface area contributed by atoms with Crippen molar-refractivity contribution in [3.05, 3.63) is 54.1 Å². The second kappa shape index (κ2) is 8.76. The van der Waals surface area contributed by atoms with Gasteiger partial charge in [-0.3, -0.25) is 9.59 Å². The van der Waals surface area contributed by atoms with Crippen LogP contribution < -0.4 is 15.4 Å². The van der Waals surface area contributed by atoms with Gasteiger partial charge in [0.2, 0.25) is 5.91 Å². The Bertz CT molecular complexity index is 985. The molecular weight excluding hydrogens is 360 g/mol. The normalized spacial score (nSPS) is 10.4. The maximum absolute atomic E-state index is 12.2. The first-order chi connectivity index (χ1) is 13.6. The Balaban J connectivity index is 1.54. The number of aromatic nitrogens is 4. The second-order valence-corrected chi connectivity index (χ2v) is 5.96. The molecule has 0 atom stereocenters. The predicted molar refractivity (Wildman–Crippen MR) is 103 cm³/mol. The predicted octanol–water partition coefficient (Wildman–Crippen LogP) is 1.64. The number of hydrogen-bond acceptors (Lipinski definition) is 6. The van der Waals surface area contributed by atoms with Gasteiger partial charge in [0, 0.05) is 31.3 Å². The largest absolute Gasteiger partial charge is 0.496 e. The molecule has 144 valence electrons. The Morgan fingerprint density at radius 1 is 1.14 bits per heavy atom. The van der Waals surface area contributed by atoms with Gasteiger partial charge in [-0.05, 0) is 34.7 Å². The fourth-order valence-corrected chi connectivity index (χ4v) is 2.65. The summed E-state index contributed by atoms with van der Waals surface area (Å²) in [5, 5.41) is 16.9. The minimum absolute atomic E-state index is 0.136. The van der Waals surface area contributed by atoms with Crippen LogP contribution in [-0.2, 0) is 11.8 Å². The molecule has 3 aromatic rings. The van der Waals surface area contributed by atoms with Crippen molar-refractivity contribution in [3.63, 3.8) is 0 Å². The van der Waals surface area contributed by atoms with Crippen molar-refractivity contribution in [2.45, 2.75) is 6.42 Å². The minimum Gasteiger partial charge on any atom is -0.496 e. The summed E-state index contributed by atoms with van der Waals surface area (Å²) in [7, 11) is 3.25. The Morgan fingerprint density at radius 2 is 1.96 bits per heavy atom. The quantitative estimate of drug-likeness (QED) is 0.645. The topological polar surface area (TPSA) is 111 Å². The number of ether oxygens (including phenoxy) is 1. The van der Waals surface area contributed by atoms with Crippen LogP contribution in [0.2, 0.25) is 0 Å². The molecule has 0 aliphatic carbocycles. The molecule has 0 saturated heterocycles. The number of aryl methyl sites for hydroxylation is 1. The number of methoxy groups -OCH3 is 1. The van der Waals surface area contributed by atoms with Gasteiger partial charge in [-0.2, -0.15) is 0 Å². The number of carbonyl (C=O) groups excluding carboxylic acids is 2. The molecule has 0 saturated carbocycles. The van der Waals surface area contributed by atoms with E-state index in [1.54, 1.807) is 48.1 Å². The van der Waals surface area contributed by atoms with Gasteiger partial charge in [-0.25, -0.2) is 4.68 Å². The van der Waals surface area contributed by atoms with Crippen molar-refractivity contribution in [1.29, 1.82) is 0 Å². The molecule has 0 radical (unpaired) electrons. The van der Waals surface area contributed by atoms with Gasteiger partial charge >= 0.3 is 0 Å². The number of carbonyl (C=O) groups is 2. The lowest BCUT2D eigenvalue weighted by molar-refractivity contribution is -0.116. The van der Waals surface area contributed by atoms with E-state index in [9.17, 15) is 9.59 Å². The average molecular weight is 380 g/mol. The van der Waals surface area contributed by atoms with E-state index in [1.165, 1.54) is 7.11 Å². The van der Waals surface area contributed by atoms with Gasteiger partial charge < -0.3 is 15.4 Å². The van der Waals surface area contributed by atoms with Crippen molar-refractivity contribution in [2.75, 3.05) is 19.0 Å². The molecule has 2 N–H and O–H groups in total. The summed E-state index contributed by atoms with van der Waals surface area (Å²) in [4.78, 5) is 24.4. The Labute approximate surface area is 161 Å². The number of para-hydroxylation sites is 1. The minimum atomic E-state index is -0.290. The highest BCUT2D eigenvalue weighted by Crippen LogP contribution is 2.20. The van der Waals surface area contributed by atoms with E-state index in [2.05, 4.69) is 26.2 Å². The molecule has 2 aromatic carbocycles. The maximum Gasteiger partial charge on any atom is 0.255 e. The van der Waals surface area contributed by atoms with E-state index in [0.717, 1.165) is 5.56 Å². The van der Waals surface area contributed by atoms with Crippen LogP contribution in [0.4, 0.5) is 5.69 Å². The molecule has 28 heavy (non-hydrogen) atoms. The molecule has 0 bridgehead atoms. The zero-order valence-corrected chi connectivity index (χ0v) is 15.5. The third-order valence-electron chi connectivity index (χ3n) is 4.01.